The zero-order valence-electron chi connectivity index (χ0n) is 6.84. The zero-order chi connectivity index (χ0) is 8.55. The molecule has 60 valence electrons. The van der Waals surface area contributed by atoms with Crippen molar-refractivity contribution in [3.63, 3.8) is 0 Å². The number of nitrogens with zero attached hydrogens (tertiary/aromatic N) is 1. The second-order valence-electron chi connectivity index (χ2n) is 2.72. The molecule has 0 bridgehead atoms. The average Bonchev–Trinajstić information content (AvgIpc) is 2.46. The number of hydrogen-bond donors (Lipinski definition) is 0. The Labute approximate surface area is 77.3 Å². The van der Waals surface area contributed by atoms with Crippen molar-refractivity contribution in [3.05, 3.63) is 35.0 Å². The first kappa shape index (κ1) is 7.60. The molecular formula is C10H9ClN+. The summed E-state index contributed by atoms with van der Waals surface area (Å²) in [5, 5.41) is 0.782. The fourth-order valence-corrected chi connectivity index (χ4v) is 1.55. The largest absolute Gasteiger partial charge is 0.200 e. The van der Waals surface area contributed by atoms with Gasteiger partial charge >= 0.3 is 0 Å². The average molecular weight is 179 g/mol. The van der Waals surface area contributed by atoms with Crippen LogP contribution in [0.25, 0.3) is 6.08 Å². The lowest BCUT2D eigenvalue weighted by molar-refractivity contribution is 1.01. The van der Waals surface area contributed by atoms with Gasteiger partial charge in [-0.05, 0) is 13.0 Å². The first-order chi connectivity index (χ1) is 5.81. The second-order valence-corrected chi connectivity index (χ2v) is 3.16. The number of benzene rings is 1. The van der Waals surface area contributed by atoms with E-state index in [2.05, 4.69) is 18.0 Å². The minimum Gasteiger partial charge on any atom is -0.184 e. The third-order valence-electron chi connectivity index (χ3n) is 1.97. The molecule has 0 fully saturated rings. The predicted molar refractivity (Wildman–Crippen MR) is 52.2 cm³/mol. The summed E-state index contributed by atoms with van der Waals surface area (Å²) in [4.78, 5) is 2.08. The fraction of sp³-hybridized carbons (Fsp3) is 0.200. The Kier molecular flexibility index (Phi) is 1.76. The van der Waals surface area contributed by atoms with Gasteiger partial charge in [0.1, 0.15) is 12.3 Å². The van der Waals surface area contributed by atoms with Crippen LogP contribution in [0.15, 0.2) is 18.2 Å². The van der Waals surface area contributed by atoms with Gasteiger partial charge in [-0.1, -0.05) is 11.6 Å². The molecule has 0 radical (unpaired) electrons. The smallest absolute Gasteiger partial charge is 0.184 e. The number of anilines is 1. The second kappa shape index (κ2) is 2.78. The van der Waals surface area contributed by atoms with Crippen molar-refractivity contribution < 1.29 is 0 Å². The Morgan fingerprint density at radius 1 is 1.50 bits per heavy atom. The molecule has 1 aromatic carbocycles. The molecule has 12 heavy (non-hydrogen) atoms. The molecule has 0 saturated heterocycles. The lowest BCUT2D eigenvalue weighted by atomic mass is 10.2. The summed E-state index contributed by atoms with van der Waals surface area (Å²) in [5.41, 5.74) is 2.35. The van der Waals surface area contributed by atoms with Crippen molar-refractivity contribution in [1.82, 2.24) is 0 Å². The van der Waals surface area contributed by atoms with Gasteiger partial charge in [0, 0.05) is 12.1 Å². The van der Waals surface area contributed by atoms with Crippen molar-refractivity contribution >= 4 is 23.4 Å². The first-order valence-corrected chi connectivity index (χ1v) is 4.35. The van der Waals surface area contributed by atoms with Gasteiger partial charge in [-0.3, -0.25) is 0 Å². The van der Waals surface area contributed by atoms with Crippen molar-refractivity contribution in [1.29, 1.82) is 0 Å². The summed E-state index contributed by atoms with van der Waals surface area (Å²) in [6.07, 6.45) is 5.11. The van der Waals surface area contributed by atoms with Crippen LogP contribution < -0.4 is 4.90 Å². The van der Waals surface area contributed by atoms with E-state index in [4.69, 9.17) is 11.6 Å². The van der Waals surface area contributed by atoms with Gasteiger partial charge in [-0.25, -0.2) is 0 Å². The highest BCUT2D eigenvalue weighted by atomic mass is 35.5. The Bertz CT molecular complexity index is 331. The number of fused-ring (bicyclic) bond motifs is 1. The van der Waals surface area contributed by atoms with E-state index in [0.717, 1.165) is 17.1 Å². The van der Waals surface area contributed by atoms with Gasteiger partial charge in [0.2, 0.25) is 5.69 Å². The van der Waals surface area contributed by atoms with Crippen LogP contribution in [-0.4, -0.2) is 6.54 Å². The van der Waals surface area contributed by atoms with E-state index >= 15 is 0 Å². The van der Waals surface area contributed by atoms with E-state index in [0.29, 0.717) is 0 Å². The molecule has 0 saturated carbocycles. The molecule has 1 nitrogen and oxygen atoms in total. The van der Waals surface area contributed by atoms with E-state index in [1.54, 1.807) is 0 Å². The molecule has 1 aliphatic rings. The third kappa shape index (κ3) is 1.08. The Hall–Kier alpha value is -1.04. The maximum Gasteiger partial charge on any atom is 0.200 e. The topological polar surface area (TPSA) is 3.24 Å². The van der Waals surface area contributed by atoms with Crippen LogP contribution in [0.2, 0.25) is 5.02 Å². The standard InChI is InChI=1S/C10H9ClN/c1-2-12-6-5-8-7-9(11)3-4-10(8)12/h3-5,7H,2H2,1H3/q+1. The number of hydrogen-bond acceptors (Lipinski definition) is 1. The van der Waals surface area contributed by atoms with E-state index in [9.17, 15) is 0 Å². The number of halogens is 1. The molecule has 2 heteroatoms. The minimum absolute atomic E-state index is 0.782. The molecule has 1 aromatic rings. The van der Waals surface area contributed by atoms with Crippen LogP contribution in [0.1, 0.15) is 12.5 Å². The zero-order valence-corrected chi connectivity index (χ0v) is 7.60. The molecule has 0 aliphatic carbocycles. The summed E-state index contributed by atoms with van der Waals surface area (Å²) >= 11 is 5.85. The third-order valence-corrected chi connectivity index (χ3v) is 2.21. The fourth-order valence-electron chi connectivity index (χ4n) is 1.37. The first-order valence-electron chi connectivity index (χ1n) is 3.97. The maximum absolute atomic E-state index is 5.85. The summed E-state index contributed by atoms with van der Waals surface area (Å²) < 4.78 is 0. The molecule has 0 unspecified atom stereocenters. The Morgan fingerprint density at radius 3 is 3.08 bits per heavy atom. The molecular weight excluding hydrogens is 170 g/mol. The van der Waals surface area contributed by atoms with Crippen molar-refractivity contribution in [2.24, 2.45) is 0 Å². The lowest BCUT2D eigenvalue weighted by Gasteiger charge is -2.02. The quantitative estimate of drug-likeness (QED) is 0.598. The van der Waals surface area contributed by atoms with Crippen LogP contribution in [0, 0.1) is 6.20 Å². The Balaban J connectivity index is 2.47. The normalized spacial score (nSPS) is 13.0. The molecule has 0 N–H and O–H groups in total. The van der Waals surface area contributed by atoms with Crippen LogP contribution in [0.3, 0.4) is 0 Å². The molecule has 2 rings (SSSR count). The summed E-state index contributed by atoms with van der Waals surface area (Å²) in [5.74, 6) is 0. The SMILES string of the molecule is CCN1[C+]=Cc2cc(Cl)ccc21. The van der Waals surface area contributed by atoms with E-state index in [1.807, 2.05) is 24.3 Å². The Morgan fingerprint density at radius 2 is 2.33 bits per heavy atom. The van der Waals surface area contributed by atoms with Crippen LogP contribution in [0.5, 0.6) is 0 Å². The van der Waals surface area contributed by atoms with Crippen LogP contribution in [-0.2, 0) is 0 Å². The highest BCUT2D eigenvalue weighted by molar-refractivity contribution is 6.30. The lowest BCUT2D eigenvalue weighted by Crippen LogP contribution is -2.12. The molecule has 0 spiro atoms. The van der Waals surface area contributed by atoms with Crippen LogP contribution >= 0.6 is 11.6 Å². The highest BCUT2D eigenvalue weighted by Crippen LogP contribution is 2.29. The summed E-state index contributed by atoms with van der Waals surface area (Å²) in [6, 6.07) is 5.89. The number of rotatable bonds is 1. The van der Waals surface area contributed by atoms with Gasteiger partial charge < -0.3 is 0 Å². The summed E-state index contributed by atoms with van der Waals surface area (Å²) in [7, 11) is 0. The van der Waals surface area contributed by atoms with Crippen molar-refractivity contribution in [2.45, 2.75) is 6.92 Å². The minimum atomic E-state index is 0.782. The van der Waals surface area contributed by atoms with Crippen molar-refractivity contribution in [2.75, 3.05) is 11.4 Å². The van der Waals surface area contributed by atoms with Gasteiger partial charge in [-0.2, -0.15) is 4.90 Å². The van der Waals surface area contributed by atoms with Gasteiger partial charge in [-0.15, -0.1) is 0 Å². The molecule has 1 aliphatic heterocycles. The highest BCUT2D eigenvalue weighted by Gasteiger charge is 2.23. The van der Waals surface area contributed by atoms with Crippen LogP contribution in [0.4, 0.5) is 5.69 Å². The van der Waals surface area contributed by atoms with E-state index in [1.165, 1.54) is 5.69 Å². The summed E-state index contributed by atoms with van der Waals surface area (Å²) in [6.45, 7) is 3.05. The van der Waals surface area contributed by atoms with E-state index in [-0.39, 0.29) is 0 Å². The molecule has 0 aromatic heterocycles. The van der Waals surface area contributed by atoms with Gasteiger partial charge in [0.25, 0.3) is 0 Å². The molecule has 0 atom stereocenters. The predicted octanol–water partition coefficient (Wildman–Crippen LogP) is 2.95. The van der Waals surface area contributed by atoms with Gasteiger partial charge in [0.15, 0.2) is 5.56 Å². The maximum atomic E-state index is 5.85. The molecule has 1 heterocycles. The van der Waals surface area contributed by atoms with E-state index < -0.39 is 0 Å². The molecule has 0 amide bonds. The van der Waals surface area contributed by atoms with Crippen molar-refractivity contribution in [3.8, 4) is 0 Å². The monoisotopic (exact) mass is 178 g/mol. The van der Waals surface area contributed by atoms with Gasteiger partial charge in [0.05, 0.1) is 11.6 Å².